The van der Waals surface area contributed by atoms with Gasteiger partial charge in [-0.15, -0.1) is 0 Å². The van der Waals surface area contributed by atoms with Gasteiger partial charge in [-0.2, -0.15) is 13.9 Å². The van der Waals surface area contributed by atoms with Crippen LogP contribution in [0.5, 0.6) is 5.75 Å². The van der Waals surface area contributed by atoms with Gasteiger partial charge in [-0.3, -0.25) is 0 Å². The molecule has 8 heteroatoms. The lowest BCUT2D eigenvalue weighted by Gasteiger charge is -2.25. The van der Waals surface area contributed by atoms with Gasteiger partial charge in [0.25, 0.3) is 0 Å². The van der Waals surface area contributed by atoms with Crippen molar-refractivity contribution < 1.29 is 18.4 Å². The highest BCUT2D eigenvalue weighted by Gasteiger charge is 2.52. The summed E-state index contributed by atoms with van der Waals surface area (Å²) in [4.78, 5) is 3.99. The van der Waals surface area contributed by atoms with Gasteiger partial charge < -0.3 is 14.3 Å². The van der Waals surface area contributed by atoms with Gasteiger partial charge in [0.15, 0.2) is 13.3 Å². The standard InChI is InChI=1S/C14H18ClN4O2P/c1-16-7-9-18(11-16)22(20,19-10-8-17(2)12-19)21-14-5-3-13(15)4-6-14/h3-10H,11-12H2,1-2H3/p+2. The van der Waals surface area contributed by atoms with Crippen LogP contribution in [0, 0.1) is 0 Å². The maximum atomic E-state index is 13.7. The van der Waals surface area contributed by atoms with E-state index in [-0.39, 0.29) is 0 Å². The second kappa shape index (κ2) is 5.97. The molecule has 2 aliphatic rings. The maximum absolute atomic E-state index is 13.7. The van der Waals surface area contributed by atoms with E-state index in [1.54, 1.807) is 24.3 Å². The summed E-state index contributed by atoms with van der Waals surface area (Å²) in [5.41, 5.74) is 0. The second-order valence-electron chi connectivity index (χ2n) is 5.54. The highest BCUT2D eigenvalue weighted by molar-refractivity contribution is 7.45. The molecular weight excluding hydrogens is 323 g/mol. The molecule has 1 aromatic carbocycles. The minimum atomic E-state index is -3.09. The Bertz CT molecular complexity index is 619. The lowest BCUT2D eigenvalue weighted by Crippen LogP contribution is -3.20. The van der Waals surface area contributed by atoms with Gasteiger partial charge in [-0.25, -0.2) is 0 Å². The third kappa shape index (κ3) is 3.01. The Morgan fingerprint density at radius 2 is 1.55 bits per heavy atom. The number of hydrogen-bond acceptors (Lipinski definition) is 4. The van der Waals surface area contributed by atoms with Gasteiger partial charge in [-0.05, 0) is 24.3 Å². The van der Waals surface area contributed by atoms with Crippen molar-refractivity contribution in [3.8, 4) is 5.75 Å². The monoisotopic (exact) mass is 342 g/mol. The van der Waals surface area contributed by atoms with Crippen molar-refractivity contribution in [3.63, 3.8) is 0 Å². The first kappa shape index (κ1) is 15.4. The summed E-state index contributed by atoms with van der Waals surface area (Å²) in [6.07, 6.45) is 7.65. The predicted molar refractivity (Wildman–Crippen MR) is 85.2 cm³/mol. The summed E-state index contributed by atoms with van der Waals surface area (Å²) in [6, 6.07) is 6.98. The van der Waals surface area contributed by atoms with Crippen LogP contribution in [0.15, 0.2) is 49.1 Å². The molecular formula is C14H20ClN4O2P+2. The summed E-state index contributed by atoms with van der Waals surface area (Å²) >= 11 is 5.90. The van der Waals surface area contributed by atoms with E-state index in [4.69, 9.17) is 16.1 Å². The van der Waals surface area contributed by atoms with Gasteiger partial charge in [-0.1, -0.05) is 11.6 Å². The molecule has 0 aliphatic carbocycles. The van der Waals surface area contributed by atoms with E-state index in [2.05, 4.69) is 0 Å². The molecule has 118 valence electrons. The number of halogens is 1. The summed E-state index contributed by atoms with van der Waals surface area (Å²) < 4.78 is 21.3. The summed E-state index contributed by atoms with van der Waals surface area (Å²) in [5.74, 6) is 0.568. The largest absolute Gasteiger partial charge is 0.641 e. The van der Waals surface area contributed by atoms with Crippen molar-refractivity contribution in [2.75, 3.05) is 27.4 Å². The minimum absolute atomic E-state index is 0.568. The zero-order valence-electron chi connectivity index (χ0n) is 12.6. The fourth-order valence-corrected chi connectivity index (χ4v) is 4.97. The molecule has 6 nitrogen and oxygen atoms in total. The average molecular weight is 343 g/mol. The van der Waals surface area contributed by atoms with E-state index in [9.17, 15) is 4.57 Å². The lowest BCUT2D eigenvalue weighted by atomic mass is 10.3. The van der Waals surface area contributed by atoms with Crippen LogP contribution in [0.2, 0.25) is 5.02 Å². The molecule has 0 saturated carbocycles. The van der Waals surface area contributed by atoms with E-state index in [0.717, 1.165) is 9.34 Å². The average Bonchev–Trinajstić information content (AvgIpc) is 3.10. The Hall–Kier alpha value is -1.46. The van der Waals surface area contributed by atoms with Gasteiger partial charge in [0.05, 0.1) is 12.4 Å². The number of quaternary nitrogens is 2. The van der Waals surface area contributed by atoms with E-state index in [1.807, 2.05) is 48.7 Å². The molecule has 2 aliphatic heterocycles. The molecule has 3 rings (SSSR count). The summed E-state index contributed by atoms with van der Waals surface area (Å²) in [5, 5.41) is 0.628. The van der Waals surface area contributed by atoms with Crippen LogP contribution in [0.1, 0.15) is 0 Å². The molecule has 2 unspecified atom stereocenters. The predicted octanol–water partition coefficient (Wildman–Crippen LogP) is 0.345. The Morgan fingerprint density at radius 1 is 1.05 bits per heavy atom. The number of hydrogen-bond donors (Lipinski definition) is 2. The van der Waals surface area contributed by atoms with Crippen LogP contribution in [0.3, 0.4) is 0 Å². The van der Waals surface area contributed by atoms with Crippen molar-refractivity contribution in [2.45, 2.75) is 0 Å². The molecule has 0 amide bonds. The van der Waals surface area contributed by atoms with E-state index >= 15 is 0 Å². The molecule has 0 saturated heterocycles. The van der Waals surface area contributed by atoms with Crippen molar-refractivity contribution in [1.29, 1.82) is 0 Å². The topological polar surface area (TPSA) is 41.7 Å². The summed E-state index contributed by atoms with van der Waals surface area (Å²) in [6.45, 7) is 1.23. The van der Waals surface area contributed by atoms with Crippen molar-refractivity contribution >= 4 is 19.3 Å². The van der Waals surface area contributed by atoms with E-state index in [0.29, 0.717) is 24.1 Å². The van der Waals surface area contributed by atoms with Crippen LogP contribution in [0.25, 0.3) is 0 Å². The Kier molecular flexibility index (Phi) is 4.19. The van der Waals surface area contributed by atoms with Gasteiger partial charge in [0, 0.05) is 19.1 Å². The number of nitrogens with one attached hydrogen (secondary N) is 2. The highest BCUT2D eigenvalue weighted by Crippen LogP contribution is 2.32. The Labute approximate surface area is 135 Å². The quantitative estimate of drug-likeness (QED) is 0.775. The third-order valence-corrected chi connectivity index (χ3v) is 6.48. The first-order valence-electron chi connectivity index (χ1n) is 7.02. The van der Waals surface area contributed by atoms with Crippen LogP contribution in [-0.2, 0) is 4.57 Å². The first-order valence-corrected chi connectivity index (χ1v) is 9.02. The van der Waals surface area contributed by atoms with Crippen LogP contribution in [0.4, 0.5) is 0 Å². The van der Waals surface area contributed by atoms with Crippen molar-refractivity contribution in [1.82, 2.24) is 9.80 Å². The maximum Gasteiger partial charge on any atom is 0.641 e. The van der Waals surface area contributed by atoms with Gasteiger partial charge in [0.2, 0.25) is 0 Å². The summed E-state index contributed by atoms with van der Waals surface area (Å²) in [7, 11) is 0.818. The van der Waals surface area contributed by atoms with Crippen LogP contribution < -0.4 is 13.9 Å². The molecule has 2 atom stereocenters. The zero-order valence-corrected chi connectivity index (χ0v) is 14.2. The third-order valence-electron chi connectivity index (χ3n) is 3.67. The first-order chi connectivity index (χ1) is 10.5. The molecule has 0 bridgehead atoms. The Balaban J connectivity index is 1.89. The molecule has 1 aromatic rings. The fraction of sp³-hybridized carbons (Fsp3) is 0.286. The molecule has 0 fully saturated rings. The molecule has 0 radical (unpaired) electrons. The number of nitrogens with zero attached hydrogens (tertiary/aromatic N) is 2. The lowest BCUT2D eigenvalue weighted by molar-refractivity contribution is -0.836. The highest BCUT2D eigenvalue weighted by atomic mass is 35.5. The van der Waals surface area contributed by atoms with Crippen LogP contribution >= 0.6 is 19.3 Å². The normalized spacial score (nSPS) is 26.5. The van der Waals surface area contributed by atoms with Crippen molar-refractivity contribution in [2.24, 2.45) is 0 Å². The van der Waals surface area contributed by atoms with E-state index < -0.39 is 7.67 Å². The minimum Gasteiger partial charge on any atom is -0.360 e. The van der Waals surface area contributed by atoms with Gasteiger partial charge in [0.1, 0.15) is 18.1 Å². The molecule has 0 spiro atoms. The van der Waals surface area contributed by atoms with Crippen molar-refractivity contribution in [3.05, 3.63) is 54.1 Å². The molecule has 2 N–H and O–H groups in total. The zero-order chi connectivity index (χ0) is 15.7. The number of benzene rings is 1. The SMILES string of the molecule is CN1C=C[NH+](P(=O)(Oc2ccc(Cl)cc2)[NH+]2C=CN(C)C2)C1. The Morgan fingerprint density at radius 3 is 1.95 bits per heavy atom. The smallest absolute Gasteiger partial charge is 0.360 e. The fourth-order valence-electron chi connectivity index (χ4n) is 2.48. The molecule has 22 heavy (non-hydrogen) atoms. The second-order valence-corrected chi connectivity index (χ2v) is 8.41. The van der Waals surface area contributed by atoms with Crippen LogP contribution in [-0.4, -0.2) is 37.2 Å². The number of rotatable bonds is 4. The molecule has 2 heterocycles. The van der Waals surface area contributed by atoms with Gasteiger partial charge >= 0.3 is 7.67 Å². The molecule has 0 aromatic heterocycles. The van der Waals surface area contributed by atoms with E-state index in [1.165, 1.54) is 0 Å².